The van der Waals surface area contributed by atoms with Crippen LogP contribution in [-0.4, -0.2) is 0 Å². The lowest BCUT2D eigenvalue weighted by Crippen LogP contribution is -1.93. The Morgan fingerprint density at radius 2 is 1.55 bits per heavy atom. The van der Waals surface area contributed by atoms with Crippen molar-refractivity contribution in [1.82, 2.24) is 0 Å². The third kappa shape index (κ3) is 1.50. The Hall–Kier alpha value is -2.28. The second kappa shape index (κ2) is 4.11. The van der Waals surface area contributed by atoms with E-state index in [1.165, 1.54) is 51.4 Å². The minimum Gasteiger partial charge on any atom is -0.398 e. The number of benzene rings is 3. The minimum absolute atomic E-state index is 0.866. The average Bonchev–Trinajstić information content (AvgIpc) is 2.88. The first-order valence-corrected chi connectivity index (χ1v) is 7.14. The molecule has 4 rings (SSSR count). The lowest BCUT2D eigenvalue weighted by Gasteiger charge is -2.13. The van der Waals surface area contributed by atoms with Crippen LogP contribution in [0.4, 0.5) is 5.69 Å². The summed E-state index contributed by atoms with van der Waals surface area (Å²) in [6.45, 7) is 2.11. The molecule has 3 aromatic rings. The fourth-order valence-electron chi connectivity index (χ4n) is 3.43. The highest BCUT2D eigenvalue weighted by Crippen LogP contribution is 2.38. The van der Waals surface area contributed by atoms with E-state index in [9.17, 15) is 0 Å². The Kier molecular flexibility index (Phi) is 2.37. The van der Waals surface area contributed by atoms with Crippen LogP contribution < -0.4 is 5.73 Å². The third-order valence-corrected chi connectivity index (χ3v) is 4.54. The molecule has 0 aliphatic heterocycles. The van der Waals surface area contributed by atoms with Crippen molar-refractivity contribution in [2.45, 2.75) is 19.8 Å². The summed E-state index contributed by atoms with van der Waals surface area (Å²) in [5.74, 6) is 0. The quantitative estimate of drug-likeness (QED) is 0.640. The molecule has 0 saturated carbocycles. The van der Waals surface area contributed by atoms with Crippen molar-refractivity contribution in [2.75, 3.05) is 5.73 Å². The molecule has 0 spiro atoms. The van der Waals surface area contributed by atoms with Gasteiger partial charge in [-0.15, -0.1) is 0 Å². The summed E-state index contributed by atoms with van der Waals surface area (Å²) in [5, 5.41) is 2.83. The van der Waals surface area contributed by atoms with E-state index in [0.29, 0.717) is 0 Å². The molecule has 0 saturated heterocycles. The van der Waals surface area contributed by atoms with Crippen molar-refractivity contribution in [1.29, 1.82) is 0 Å². The fourth-order valence-corrected chi connectivity index (χ4v) is 3.43. The molecule has 1 aliphatic carbocycles. The molecule has 0 fully saturated rings. The molecule has 20 heavy (non-hydrogen) atoms. The molecule has 1 heteroatoms. The first kappa shape index (κ1) is 11.5. The van der Waals surface area contributed by atoms with E-state index >= 15 is 0 Å². The monoisotopic (exact) mass is 259 g/mol. The normalized spacial score (nSPS) is 13.1. The Morgan fingerprint density at radius 1 is 0.800 bits per heavy atom. The Bertz CT molecular complexity index is 820. The summed E-state index contributed by atoms with van der Waals surface area (Å²) >= 11 is 0. The number of anilines is 1. The summed E-state index contributed by atoms with van der Waals surface area (Å²) in [7, 11) is 0. The highest BCUT2D eigenvalue weighted by Gasteiger charge is 2.17. The highest BCUT2D eigenvalue weighted by molar-refractivity contribution is 6.02. The van der Waals surface area contributed by atoms with Gasteiger partial charge < -0.3 is 5.73 Å². The van der Waals surface area contributed by atoms with Gasteiger partial charge in [0.05, 0.1) is 0 Å². The van der Waals surface area contributed by atoms with Crippen LogP contribution in [-0.2, 0) is 12.8 Å². The predicted molar refractivity (Wildman–Crippen MR) is 85.9 cm³/mol. The summed E-state index contributed by atoms with van der Waals surface area (Å²) in [4.78, 5) is 0. The Morgan fingerprint density at radius 3 is 2.40 bits per heavy atom. The first-order valence-electron chi connectivity index (χ1n) is 7.14. The van der Waals surface area contributed by atoms with Crippen molar-refractivity contribution in [3.8, 4) is 11.1 Å². The number of hydrogen-bond donors (Lipinski definition) is 1. The van der Waals surface area contributed by atoms with E-state index in [1.54, 1.807) is 0 Å². The van der Waals surface area contributed by atoms with Crippen LogP contribution in [0.25, 0.3) is 21.9 Å². The van der Waals surface area contributed by atoms with Gasteiger partial charge in [-0.05, 0) is 64.4 Å². The van der Waals surface area contributed by atoms with Gasteiger partial charge in [0.15, 0.2) is 0 Å². The number of nitrogen functional groups attached to an aromatic ring is 1. The topological polar surface area (TPSA) is 26.0 Å². The van der Waals surface area contributed by atoms with Crippen LogP contribution >= 0.6 is 0 Å². The lowest BCUT2D eigenvalue weighted by atomic mass is 9.92. The molecule has 0 heterocycles. The van der Waals surface area contributed by atoms with E-state index in [4.69, 9.17) is 5.73 Å². The van der Waals surface area contributed by atoms with Gasteiger partial charge in [0.2, 0.25) is 0 Å². The molecule has 3 aromatic carbocycles. The lowest BCUT2D eigenvalue weighted by molar-refractivity contribution is 1.02. The number of hydrogen-bond acceptors (Lipinski definition) is 1. The van der Waals surface area contributed by atoms with Gasteiger partial charge in [-0.1, -0.05) is 42.5 Å². The zero-order valence-corrected chi connectivity index (χ0v) is 11.6. The van der Waals surface area contributed by atoms with E-state index in [-0.39, 0.29) is 0 Å². The van der Waals surface area contributed by atoms with Crippen LogP contribution in [0.3, 0.4) is 0 Å². The summed E-state index contributed by atoms with van der Waals surface area (Å²) in [6, 6.07) is 17.4. The SMILES string of the molecule is Cc1c(N)cccc1-c1ccc2c3c(cccc13)CC2. The molecular formula is C19H17N. The van der Waals surface area contributed by atoms with Crippen LogP contribution in [0.5, 0.6) is 0 Å². The second-order valence-corrected chi connectivity index (χ2v) is 5.63. The summed E-state index contributed by atoms with van der Waals surface area (Å²) in [6.07, 6.45) is 2.35. The van der Waals surface area contributed by atoms with Crippen LogP contribution in [0.15, 0.2) is 48.5 Å². The van der Waals surface area contributed by atoms with E-state index in [0.717, 1.165) is 5.69 Å². The van der Waals surface area contributed by atoms with Crippen LogP contribution in [0.1, 0.15) is 16.7 Å². The Labute approximate surface area is 119 Å². The molecule has 1 aliphatic rings. The van der Waals surface area contributed by atoms with Gasteiger partial charge in [-0.2, -0.15) is 0 Å². The average molecular weight is 259 g/mol. The molecule has 0 aromatic heterocycles. The fraction of sp³-hybridized carbons (Fsp3) is 0.158. The first-order chi connectivity index (χ1) is 9.75. The largest absolute Gasteiger partial charge is 0.398 e. The number of rotatable bonds is 1. The molecule has 0 unspecified atom stereocenters. The van der Waals surface area contributed by atoms with E-state index in [2.05, 4.69) is 43.3 Å². The van der Waals surface area contributed by atoms with Gasteiger partial charge in [-0.25, -0.2) is 0 Å². The summed E-state index contributed by atoms with van der Waals surface area (Å²) in [5.41, 5.74) is 13.6. The van der Waals surface area contributed by atoms with E-state index in [1.807, 2.05) is 12.1 Å². The molecule has 0 amide bonds. The predicted octanol–water partition coefficient (Wildman–Crippen LogP) is 4.50. The number of nitrogens with two attached hydrogens (primary N) is 1. The van der Waals surface area contributed by atoms with Crippen molar-refractivity contribution in [3.05, 3.63) is 65.2 Å². The van der Waals surface area contributed by atoms with Gasteiger partial charge in [0.25, 0.3) is 0 Å². The van der Waals surface area contributed by atoms with E-state index < -0.39 is 0 Å². The smallest absolute Gasteiger partial charge is 0.0349 e. The Balaban J connectivity index is 2.09. The maximum absolute atomic E-state index is 6.07. The zero-order valence-electron chi connectivity index (χ0n) is 11.6. The van der Waals surface area contributed by atoms with Crippen molar-refractivity contribution in [3.63, 3.8) is 0 Å². The zero-order chi connectivity index (χ0) is 13.7. The van der Waals surface area contributed by atoms with Gasteiger partial charge in [0.1, 0.15) is 0 Å². The van der Waals surface area contributed by atoms with Crippen LogP contribution in [0.2, 0.25) is 0 Å². The molecule has 2 N–H and O–H groups in total. The minimum atomic E-state index is 0.866. The molecule has 0 radical (unpaired) electrons. The molecule has 98 valence electrons. The highest BCUT2D eigenvalue weighted by atomic mass is 14.6. The van der Waals surface area contributed by atoms with Crippen LogP contribution in [0, 0.1) is 6.92 Å². The standard InChI is InChI=1S/C19H17N/c1-12-15(5-3-7-18(12)20)16-11-10-14-9-8-13-4-2-6-17(16)19(13)14/h2-7,10-11H,8-9,20H2,1H3. The molecule has 0 atom stereocenters. The van der Waals surface area contributed by atoms with Gasteiger partial charge in [0, 0.05) is 5.69 Å². The second-order valence-electron chi connectivity index (χ2n) is 5.63. The maximum atomic E-state index is 6.07. The molecule has 1 nitrogen and oxygen atoms in total. The van der Waals surface area contributed by atoms with Crippen molar-refractivity contribution in [2.24, 2.45) is 0 Å². The van der Waals surface area contributed by atoms with Gasteiger partial charge >= 0.3 is 0 Å². The third-order valence-electron chi connectivity index (χ3n) is 4.54. The maximum Gasteiger partial charge on any atom is 0.0349 e. The molecule has 0 bridgehead atoms. The molecular weight excluding hydrogens is 242 g/mol. The van der Waals surface area contributed by atoms with Crippen molar-refractivity contribution >= 4 is 16.5 Å². The summed E-state index contributed by atoms with van der Waals surface area (Å²) < 4.78 is 0. The van der Waals surface area contributed by atoms with Crippen molar-refractivity contribution < 1.29 is 0 Å². The van der Waals surface area contributed by atoms with Gasteiger partial charge in [-0.3, -0.25) is 0 Å². The number of aryl methyl sites for hydroxylation is 2.